The topological polar surface area (TPSA) is 57.7 Å². The first-order valence-electron chi connectivity index (χ1n) is 9.06. The van der Waals surface area contributed by atoms with Gasteiger partial charge in [-0.25, -0.2) is 8.42 Å². The molecule has 2 aromatic rings. The van der Waals surface area contributed by atoms with E-state index in [4.69, 9.17) is 0 Å². The first kappa shape index (κ1) is 19.3. The van der Waals surface area contributed by atoms with Crippen LogP contribution < -0.4 is 0 Å². The molecule has 5 nitrogen and oxygen atoms in total. The number of hydrogen-bond acceptors (Lipinski definition) is 3. The Balaban J connectivity index is 1.77. The Morgan fingerprint density at radius 1 is 1.04 bits per heavy atom. The van der Waals surface area contributed by atoms with Crippen LogP contribution in [0.3, 0.4) is 0 Å². The smallest absolute Gasteiger partial charge is 0.253 e. The van der Waals surface area contributed by atoms with E-state index in [1.807, 2.05) is 17.0 Å². The van der Waals surface area contributed by atoms with E-state index in [1.54, 1.807) is 48.5 Å². The summed E-state index contributed by atoms with van der Waals surface area (Å²) in [6.45, 7) is 5.73. The molecule has 0 radical (unpaired) electrons. The molecule has 6 heteroatoms. The number of hydrogen-bond donors (Lipinski definition) is 0. The van der Waals surface area contributed by atoms with E-state index >= 15 is 0 Å². The summed E-state index contributed by atoms with van der Waals surface area (Å²) >= 11 is 0. The van der Waals surface area contributed by atoms with Crippen molar-refractivity contribution in [1.29, 1.82) is 0 Å². The van der Waals surface area contributed by atoms with Crippen LogP contribution in [0, 0.1) is 0 Å². The van der Waals surface area contributed by atoms with Gasteiger partial charge in [0.2, 0.25) is 10.0 Å². The Morgan fingerprint density at radius 2 is 1.67 bits per heavy atom. The summed E-state index contributed by atoms with van der Waals surface area (Å²) < 4.78 is 27.2. The molecule has 0 atom stereocenters. The van der Waals surface area contributed by atoms with E-state index in [1.165, 1.54) is 4.31 Å². The quantitative estimate of drug-likeness (QED) is 0.688. The lowest BCUT2D eigenvalue weighted by atomic mass is 10.1. The maximum atomic E-state index is 12.9. The van der Waals surface area contributed by atoms with Crippen LogP contribution in [0.4, 0.5) is 0 Å². The Morgan fingerprint density at radius 3 is 2.26 bits per heavy atom. The first-order valence-corrected chi connectivity index (χ1v) is 10.5. The summed E-state index contributed by atoms with van der Waals surface area (Å²) in [6, 6.07) is 15.6. The average molecular weight is 385 g/mol. The van der Waals surface area contributed by atoms with E-state index in [9.17, 15) is 13.2 Å². The molecule has 0 bridgehead atoms. The van der Waals surface area contributed by atoms with Crippen LogP contribution in [-0.4, -0.2) is 43.2 Å². The summed E-state index contributed by atoms with van der Waals surface area (Å²) in [5, 5.41) is 0. The van der Waals surface area contributed by atoms with Gasteiger partial charge in [-0.05, 0) is 42.7 Å². The van der Waals surface area contributed by atoms with Gasteiger partial charge in [-0.3, -0.25) is 4.79 Å². The number of likely N-dealkylation sites (tertiary alicyclic amines) is 1. The summed E-state index contributed by atoms with van der Waals surface area (Å²) in [5.74, 6) is 0.0407. The van der Waals surface area contributed by atoms with Gasteiger partial charge in [-0.15, -0.1) is 6.58 Å². The highest BCUT2D eigenvalue weighted by molar-refractivity contribution is 7.89. The van der Waals surface area contributed by atoms with Crippen LogP contribution in [0.1, 0.15) is 28.8 Å². The molecule has 142 valence electrons. The van der Waals surface area contributed by atoms with Crippen LogP contribution in [0.2, 0.25) is 0 Å². The summed E-state index contributed by atoms with van der Waals surface area (Å²) in [7, 11) is -3.61. The van der Waals surface area contributed by atoms with Crippen molar-refractivity contribution in [2.75, 3.05) is 19.6 Å². The number of rotatable bonds is 7. The van der Waals surface area contributed by atoms with Crippen molar-refractivity contribution in [3.63, 3.8) is 0 Å². The zero-order valence-corrected chi connectivity index (χ0v) is 16.1. The SMILES string of the molecule is C=CCN(Cc1ccc(C(=O)N2CCCC2)cc1)S(=O)(=O)c1ccccc1. The Hall–Kier alpha value is -2.44. The van der Waals surface area contributed by atoms with Crippen LogP contribution in [0.5, 0.6) is 0 Å². The predicted octanol–water partition coefficient (Wildman–Crippen LogP) is 3.30. The Bertz CT molecular complexity index is 887. The molecule has 1 aliphatic rings. The van der Waals surface area contributed by atoms with Gasteiger partial charge in [0.1, 0.15) is 0 Å². The third-order valence-electron chi connectivity index (χ3n) is 4.67. The fraction of sp³-hybridized carbons (Fsp3) is 0.286. The summed E-state index contributed by atoms with van der Waals surface area (Å²) in [4.78, 5) is 14.6. The number of amides is 1. The molecule has 0 spiro atoms. The summed E-state index contributed by atoms with van der Waals surface area (Å²) in [5.41, 5.74) is 1.47. The van der Waals surface area contributed by atoms with Crippen molar-refractivity contribution >= 4 is 15.9 Å². The molecule has 1 aliphatic heterocycles. The van der Waals surface area contributed by atoms with Crippen molar-refractivity contribution in [3.8, 4) is 0 Å². The van der Waals surface area contributed by atoms with Crippen molar-refractivity contribution in [2.24, 2.45) is 0 Å². The molecule has 0 aromatic heterocycles. The van der Waals surface area contributed by atoms with Crippen molar-refractivity contribution < 1.29 is 13.2 Å². The highest BCUT2D eigenvalue weighted by atomic mass is 32.2. The highest BCUT2D eigenvalue weighted by Crippen LogP contribution is 2.19. The van der Waals surface area contributed by atoms with E-state index in [0.29, 0.717) is 5.56 Å². The molecule has 0 N–H and O–H groups in total. The lowest BCUT2D eigenvalue weighted by molar-refractivity contribution is 0.0793. The lowest BCUT2D eigenvalue weighted by Crippen LogP contribution is -2.31. The minimum atomic E-state index is -3.61. The molecule has 0 unspecified atom stereocenters. The molecule has 1 heterocycles. The lowest BCUT2D eigenvalue weighted by Gasteiger charge is -2.21. The second-order valence-electron chi connectivity index (χ2n) is 6.60. The van der Waals surface area contributed by atoms with Crippen molar-refractivity contribution in [2.45, 2.75) is 24.3 Å². The maximum Gasteiger partial charge on any atom is 0.253 e. The number of nitrogens with zero attached hydrogens (tertiary/aromatic N) is 2. The van der Waals surface area contributed by atoms with Crippen LogP contribution in [-0.2, 0) is 16.6 Å². The minimum absolute atomic E-state index is 0.0407. The van der Waals surface area contributed by atoms with E-state index < -0.39 is 10.0 Å². The number of sulfonamides is 1. The van der Waals surface area contributed by atoms with Gasteiger partial charge < -0.3 is 4.90 Å². The zero-order chi connectivity index (χ0) is 19.3. The van der Waals surface area contributed by atoms with Crippen molar-refractivity contribution in [3.05, 3.63) is 78.4 Å². The van der Waals surface area contributed by atoms with Gasteiger partial charge in [0.05, 0.1) is 4.90 Å². The Labute approximate surface area is 161 Å². The van der Waals surface area contributed by atoms with E-state index in [0.717, 1.165) is 31.5 Å². The first-order chi connectivity index (χ1) is 13.0. The van der Waals surface area contributed by atoms with Crippen LogP contribution in [0.25, 0.3) is 0 Å². The Kier molecular flexibility index (Phi) is 6.08. The molecular formula is C21H24N2O3S. The van der Waals surface area contributed by atoms with Crippen LogP contribution in [0.15, 0.2) is 72.1 Å². The highest BCUT2D eigenvalue weighted by Gasteiger charge is 2.24. The largest absolute Gasteiger partial charge is 0.339 e. The fourth-order valence-electron chi connectivity index (χ4n) is 3.19. The molecule has 1 amide bonds. The van der Waals surface area contributed by atoms with E-state index in [-0.39, 0.29) is 23.9 Å². The number of carbonyl (C=O) groups is 1. The summed E-state index contributed by atoms with van der Waals surface area (Å²) in [6.07, 6.45) is 3.68. The number of benzene rings is 2. The van der Waals surface area contributed by atoms with Gasteiger partial charge in [0.25, 0.3) is 5.91 Å². The van der Waals surface area contributed by atoms with Crippen molar-refractivity contribution in [1.82, 2.24) is 9.21 Å². The number of carbonyl (C=O) groups excluding carboxylic acids is 1. The predicted molar refractivity (Wildman–Crippen MR) is 106 cm³/mol. The van der Waals surface area contributed by atoms with Gasteiger partial charge in [-0.2, -0.15) is 4.31 Å². The second kappa shape index (κ2) is 8.50. The monoisotopic (exact) mass is 384 g/mol. The normalized spacial score (nSPS) is 14.5. The average Bonchev–Trinajstić information content (AvgIpc) is 3.23. The fourth-order valence-corrected chi connectivity index (χ4v) is 4.61. The molecule has 0 saturated carbocycles. The van der Waals surface area contributed by atoms with E-state index in [2.05, 4.69) is 6.58 Å². The van der Waals surface area contributed by atoms with Gasteiger partial charge in [-0.1, -0.05) is 36.4 Å². The van der Waals surface area contributed by atoms with Gasteiger partial charge >= 0.3 is 0 Å². The molecule has 3 rings (SSSR count). The van der Waals surface area contributed by atoms with Gasteiger partial charge in [0.15, 0.2) is 0 Å². The molecule has 2 aromatic carbocycles. The molecular weight excluding hydrogens is 360 g/mol. The molecule has 0 aliphatic carbocycles. The second-order valence-corrected chi connectivity index (χ2v) is 8.53. The van der Waals surface area contributed by atoms with Gasteiger partial charge in [0, 0.05) is 31.7 Å². The molecule has 27 heavy (non-hydrogen) atoms. The zero-order valence-electron chi connectivity index (χ0n) is 15.3. The molecule has 1 saturated heterocycles. The maximum absolute atomic E-state index is 12.9. The molecule has 1 fully saturated rings. The standard InChI is InChI=1S/C21H24N2O3S/c1-2-14-23(27(25,26)20-8-4-3-5-9-20)17-18-10-12-19(13-11-18)21(24)22-15-6-7-16-22/h2-5,8-13H,1,6-7,14-17H2. The third kappa shape index (κ3) is 4.46. The third-order valence-corrected chi connectivity index (χ3v) is 6.49. The van der Waals surface area contributed by atoms with Crippen LogP contribution >= 0.6 is 0 Å². The minimum Gasteiger partial charge on any atom is -0.339 e.